The molecule has 0 saturated carbocycles. The van der Waals surface area contributed by atoms with Crippen molar-refractivity contribution in [3.8, 4) is 0 Å². The monoisotopic (exact) mass is 164 g/mol. The molecule has 0 radical (unpaired) electrons. The van der Waals surface area contributed by atoms with E-state index in [1.807, 2.05) is 13.2 Å². The summed E-state index contributed by atoms with van der Waals surface area (Å²) in [5.41, 5.74) is 2.24. The van der Waals surface area contributed by atoms with E-state index in [1.165, 1.54) is 5.69 Å². The molecule has 1 rings (SSSR count). The highest BCUT2D eigenvalue weighted by molar-refractivity contribution is 5.39. The SMILES string of the molecule is CNc1ccc(CC(C)C)nc1. The first kappa shape index (κ1) is 9.04. The molecule has 0 aliphatic carbocycles. The fraction of sp³-hybridized carbons (Fsp3) is 0.500. The van der Waals surface area contributed by atoms with Crippen LogP contribution in [0.15, 0.2) is 18.3 Å². The first-order valence-corrected chi connectivity index (χ1v) is 4.35. The Hall–Kier alpha value is -1.05. The Morgan fingerprint density at radius 2 is 2.17 bits per heavy atom. The molecule has 0 bridgehead atoms. The molecule has 2 nitrogen and oxygen atoms in total. The van der Waals surface area contributed by atoms with Crippen LogP contribution in [0.1, 0.15) is 19.5 Å². The Morgan fingerprint density at radius 3 is 2.58 bits per heavy atom. The van der Waals surface area contributed by atoms with Crippen LogP contribution in [0.25, 0.3) is 0 Å². The molecule has 2 heteroatoms. The highest BCUT2D eigenvalue weighted by Gasteiger charge is 1.97. The lowest BCUT2D eigenvalue weighted by atomic mass is 10.1. The van der Waals surface area contributed by atoms with Gasteiger partial charge in [-0.3, -0.25) is 4.98 Å². The third-order valence-corrected chi connectivity index (χ3v) is 1.73. The summed E-state index contributed by atoms with van der Waals surface area (Å²) in [5.74, 6) is 0.679. The van der Waals surface area contributed by atoms with Crippen LogP contribution >= 0.6 is 0 Å². The first-order chi connectivity index (χ1) is 5.72. The Bertz CT molecular complexity index is 226. The second-order valence-electron chi connectivity index (χ2n) is 3.39. The molecule has 0 aromatic carbocycles. The average molecular weight is 164 g/mol. The normalized spacial score (nSPS) is 10.3. The van der Waals surface area contributed by atoms with E-state index in [0.29, 0.717) is 5.92 Å². The zero-order chi connectivity index (χ0) is 8.97. The van der Waals surface area contributed by atoms with Gasteiger partial charge in [0.15, 0.2) is 0 Å². The van der Waals surface area contributed by atoms with E-state index >= 15 is 0 Å². The molecule has 0 spiro atoms. The van der Waals surface area contributed by atoms with Crippen molar-refractivity contribution in [2.75, 3.05) is 12.4 Å². The van der Waals surface area contributed by atoms with Crippen molar-refractivity contribution in [2.45, 2.75) is 20.3 Å². The minimum atomic E-state index is 0.679. The van der Waals surface area contributed by atoms with E-state index in [9.17, 15) is 0 Å². The maximum Gasteiger partial charge on any atom is 0.0524 e. The Morgan fingerprint density at radius 1 is 1.42 bits per heavy atom. The molecule has 0 amide bonds. The predicted molar refractivity (Wildman–Crippen MR) is 52.3 cm³/mol. The van der Waals surface area contributed by atoms with Crippen LogP contribution in [0.2, 0.25) is 0 Å². The van der Waals surface area contributed by atoms with E-state index in [2.05, 4.69) is 36.3 Å². The third-order valence-electron chi connectivity index (χ3n) is 1.73. The molecular formula is C10H16N2. The number of aromatic nitrogens is 1. The standard InChI is InChI=1S/C10H16N2/c1-8(2)6-9-4-5-10(11-3)7-12-9/h4-5,7-8,11H,6H2,1-3H3. The van der Waals surface area contributed by atoms with E-state index in [-0.39, 0.29) is 0 Å². The summed E-state index contributed by atoms with van der Waals surface area (Å²) in [4.78, 5) is 4.33. The van der Waals surface area contributed by atoms with Crippen molar-refractivity contribution < 1.29 is 0 Å². The van der Waals surface area contributed by atoms with Crippen LogP contribution in [0.5, 0.6) is 0 Å². The topological polar surface area (TPSA) is 24.9 Å². The molecular weight excluding hydrogens is 148 g/mol. The number of hydrogen-bond acceptors (Lipinski definition) is 2. The van der Waals surface area contributed by atoms with Gasteiger partial charge in [0, 0.05) is 12.7 Å². The first-order valence-electron chi connectivity index (χ1n) is 4.35. The van der Waals surface area contributed by atoms with Gasteiger partial charge in [-0.05, 0) is 24.5 Å². The molecule has 1 aromatic rings. The summed E-state index contributed by atoms with van der Waals surface area (Å²) in [6.07, 6.45) is 2.93. The van der Waals surface area contributed by atoms with Gasteiger partial charge in [-0.15, -0.1) is 0 Å². The second kappa shape index (κ2) is 4.10. The molecule has 0 unspecified atom stereocenters. The summed E-state index contributed by atoms with van der Waals surface area (Å²) in [5, 5.41) is 3.04. The van der Waals surface area contributed by atoms with Gasteiger partial charge in [-0.2, -0.15) is 0 Å². The van der Waals surface area contributed by atoms with Crippen molar-refractivity contribution in [3.63, 3.8) is 0 Å². The van der Waals surface area contributed by atoms with Crippen molar-refractivity contribution in [3.05, 3.63) is 24.0 Å². The molecule has 1 heterocycles. The Balaban J connectivity index is 2.65. The van der Waals surface area contributed by atoms with Crippen LogP contribution in [0.3, 0.4) is 0 Å². The lowest BCUT2D eigenvalue weighted by molar-refractivity contribution is 0.635. The highest BCUT2D eigenvalue weighted by Crippen LogP contribution is 2.08. The Kier molecular flexibility index (Phi) is 3.09. The van der Waals surface area contributed by atoms with Gasteiger partial charge in [0.2, 0.25) is 0 Å². The van der Waals surface area contributed by atoms with Gasteiger partial charge in [-0.25, -0.2) is 0 Å². The molecule has 1 aromatic heterocycles. The average Bonchev–Trinajstić information content (AvgIpc) is 2.05. The van der Waals surface area contributed by atoms with Crippen LogP contribution in [0, 0.1) is 5.92 Å². The molecule has 1 N–H and O–H groups in total. The van der Waals surface area contributed by atoms with Crippen LogP contribution < -0.4 is 5.32 Å². The number of nitrogens with zero attached hydrogens (tertiary/aromatic N) is 1. The molecule has 0 aliphatic heterocycles. The van der Waals surface area contributed by atoms with E-state index in [1.54, 1.807) is 0 Å². The van der Waals surface area contributed by atoms with Crippen molar-refractivity contribution in [1.29, 1.82) is 0 Å². The van der Waals surface area contributed by atoms with Gasteiger partial charge >= 0.3 is 0 Å². The lowest BCUT2D eigenvalue weighted by Crippen LogP contribution is -1.97. The van der Waals surface area contributed by atoms with Gasteiger partial charge in [0.05, 0.1) is 11.9 Å². The minimum absolute atomic E-state index is 0.679. The highest BCUT2D eigenvalue weighted by atomic mass is 14.8. The number of anilines is 1. The summed E-state index contributed by atoms with van der Waals surface area (Å²) >= 11 is 0. The number of hydrogen-bond donors (Lipinski definition) is 1. The van der Waals surface area contributed by atoms with Gasteiger partial charge in [0.25, 0.3) is 0 Å². The van der Waals surface area contributed by atoms with Crippen molar-refractivity contribution in [1.82, 2.24) is 4.98 Å². The quantitative estimate of drug-likeness (QED) is 0.741. The third kappa shape index (κ3) is 2.53. The van der Waals surface area contributed by atoms with Gasteiger partial charge in [-0.1, -0.05) is 13.8 Å². The lowest BCUT2D eigenvalue weighted by Gasteiger charge is -2.04. The smallest absolute Gasteiger partial charge is 0.0524 e. The largest absolute Gasteiger partial charge is 0.387 e. The maximum absolute atomic E-state index is 4.33. The summed E-state index contributed by atoms with van der Waals surface area (Å²) < 4.78 is 0. The van der Waals surface area contributed by atoms with Gasteiger partial charge in [0.1, 0.15) is 0 Å². The number of pyridine rings is 1. The molecule has 0 atom stereocenters. The van der Waals surface area contributed by atoms with E-state index in [0.717, 1.165) is 12.1 Å². The summed E-state index contributed by atoms with van der Waals surface area (Å²) in [6.45, 7) is 4.40. The minimum Gasteiger partial charge on any atom is -0.387 e. The van der Waals surface area contributed by atoms with Crippen molar-refractivity contribution in [2.24, 2.45) is 5.92 Å². The molecule has 0 aliphatic rings. The number of rotatable bonds is 3. The fourth-order valence-electron chi connectivity index (χ4n) is 1.11. The van der Waals surface area contributed by atoms with E-state index < -0.39 is 0 Å². The summed E-state index contributed by atoms with van der Waals surface area (Å²) in [7, 11) is 1.90. The maximum atomic E-state index is 4.33. The second-order valence-corrected chi connectivity index (χ2v) is 3.39. The molecule has 0 saturated heterocycles. The van der Waals surface area contributed by atoms with Crippen LogP contribution in [0.4, 0.5) is 5.69 Å². The van der Waals surface area contributed by atoms with E-state index in [4.69, 9.17) is 0 Å². The summed E-state index contributed by atoms with van der Waals surface area (Å²) in [6, 6.07) is 4.14. The predicted octanol–water partition coefficient (Wildman–Crippen LogP) is 2.32. The van der Waals surface area contributed by atoms with Crippen molar-refractivity contribution >= 4 is 5.69 Å². The number of nitrogens with one attached hydrogen (secondary N) is 1. The Labute approximate surface area is 74.0 Å². The zero-order valence-corrected chi connectivity index (χ0v) is 7.96. The molecule has 0 fully saturated rings. The van der Waals surface area contributed by atoms with Crippen LogP contribution in [-0.2, 0) is 6.42 Å². The fourth-order valence-corrected chi connectivity index (χ4v) is 1.11. The molecule has 66 valence electrons. The van der Waals surface area contributed by atoms with Gasteiger partial charge < -0.3 is 5.32 Å². The van der Waals surface area contributed by atoms with Crippen LogP contribution in [-0.4, -0.2) is 12.0 Å². The zero-order valence-electron chi connectivity index (χ0n) is 7.96. The molecule has 12 heavy (non-hydrogen) atoms.